The van der Waals surface area contributed by atoms with Gasteiger partial charge in [-0.05, 0) is 6.07 Å². The number of aromatic nitrogens is 3. The third kappa shape index (κ3) is 2.34. The molecule has 0 saturated heterocycles. The lowest BCUT2D eigenvalue weighted by atomic mass is 10.2. The Morgan fingerprint density at radius 3 is 2.76 bits per heavy atom. The predicted molar refractivity (Wildman–Crippen MR) is 60.4 cm³/mol. The van der Waals surface area contributed by atoms with Crippen molar-refractivity contribution in [1.82, 2.24) is 14.8 Å². The molecular weight excluding hydrogens is 242 g/mol. The zero-order valence-electron chi connectivity index (χ0n) is 9.11. The summed E-state index contributed by atoms with van der Waals surface area (Å²) in [5.41, 5.74) is 1.19. The molecule has 0 unspecified atom stereocenters. The van der Waals surface area contributed by atoms with E-state index >= 15 is 0 Å². The van der Waals surface area contributed by atoms with Crippen molar-refractivity contribution in [2.75, 3.05) is 6.26 Å². The standard InChI is InChI=1S/C10H11N3O3S/c1-17(15,16)9-4-12-13(6-9)10-5-11-3-2-8(10)7-14/h2-6,14H,7H2,1H3. The lowest BCUT2D eigenvalue weighted by Crippen LogP contribution is -2.01. The normalized spacial score (nSPS) is 11.6. The van der Waals surface area contributed by atoms with Gasteiger partial charge < -0.3 is 5.11 Å². The van der Waals surface area contributed by atoms with E-state index in [1.54, 1.807) is 12.3 Å². The molecule has 0 saturated carbocycles. The third-order valence-corrected chi connectivity index (χ3v) is 3.36. The summed E-state index contributed by atoms with van der Waals surface area (Å²) in [6.45, 7) is -0.161. The van der Waals surface area contributed by atoms with Crippen LogP contribution in [0.15, 0.2) is 35.7 Å². The highest BCUT2D eigenvalue weighted by Gasteiger charge is 2.12. The number of sulfone groups is 1. The van der Waals surface area contributed by atoms with Gasteiger partial charge in [0.1, 0.15) is 4.90 Å². The molecule has 0 amide bonds. The molecule has 1 N–H and O–H groups in total. The topological polar surface area (TPSA) is 85.1 Å². The Morgan fingerprint density at radius 1 is 1.41 bits per heavy atom. The molecule has 2 rings (SSSR count). The van der Waals surface area contributed by atoms with Crippen LogP contribution in [0.5, 0.6) is 0 Å². The molecule has 2 aromatic rings. The molecule has 7 heteroatoms. The fourth-order valence-corrected chi connectivity index (χ4v) is 1.91. The molecule has 0 bridgehead atoms. The maximum Gasteiger partial charge on any atom is 0.178 e. The summed E-state index contributed by atoms with van der Waals surface area (Å²) in [7, 11) is -3.28. The van der Waals surface area contributed by atoms with Crippen LogP contribution in [0.25, 0.3) is 5.69 Å². The quantitative estimate of drug-likeness (QED) is 0.842. The van der Waals surface area contributed by atoms with Crippen molar-refractivity contribution in [3.8, 4) is 5.69 Å². The van der Waals surface area contributed by atoms with E-state index in [0.29, 0.717) is 11.3 Å². The molecule has 0 aliphatic rings. The van der Waals surface area contributed by atoms with Crippen LogP contribution in [-0.4, -0.2) is 34.5 Å². The summed E-state index contributed by atoms with van der Waals surface area (Å²) in [5, 5.41) is 13.1. The Kier molecular flexibility index (Phi) is 2.95. The summed E-state index contributed by atoms with van der Waals surface area (Å²) in [4.78, 5) is 4.05. The minimum atomic E-state index is -3.28. The highest BCUT2D eigenvalue weighted by atomic mass is 32.2. The zero-order chi connectivity index (χ0) is 12.5. The maximum atomic E-state index is 11.3. The first-order valence-corrected chi connectivity index (χ1v) is 6.70. The molecule has 6 nitrogen and oxygen atoms in total. The first-order chi connectivity index (χ1) is 8.02. The molecule has 0 aliphatic carbocycles. The van der Waals surface area contributed by atoms with Gasteiger partial charge >= 0.3 is 0 Å². The second-order valence-corrected chi connectivity index (χ2v) is 5.57. The van der Waals surface area contributed by atoms with Crippen molar-refractivity contribution in [2.24, 2.45) is 0 Å². The molecule has 90 valence electrons. The highest BCUT2D eigenvalue weighted by molar-refractivity contribution is 7.90. The minimum Gasteiger partial charge on any atom is -0.392 e. The largest absolute Gasteiger partial charge is 0.392 e. The third-order valence-electron chi connectivity index (χ3n) is 2.29. The Hall–Kier alpha value is -1.73. The Balaban J connectivity index is 2.51. The lowest BCUT2D eigenvalue weighted by Gasteiger charge is -2.05. The Bertz CT molecular complexity index is 634. The van der Waals surface area contributed by atoms with Crippen LogP contribution >= 0.6 is 0 Å². The predicted octanol–water partition coefficient (Wildman–Crippen LogP) is 0.163. The fourth-order valence-electron chi connectivity index (χ4n) is 1.38. The van der Waals surface area contributed by atoms with E-state index in [9.17, 15) is 8.42 Å². The van der Waals surface area contributed by atoms with Crippen LogP contribution in [0.4, 0.5) is 0 Å². The Morgan fingerprint density at radius 2 is 2.18 bits per heavy atom. The molecule has 0 atom stereocenters. The van der Waals surface area contributed by atoms with E-state index in [1.165, 1.54) is 23.3 Å². The van der Waals surface area contributed by atoms with E-state index in [1.807, 2.05) is 0 Å². The van der Waals surface area contributed by atoms with Gasteiger partial charge in [0.05, 0.1) is 24.7 Å². The van der Waals surface area contributed by atoms with Crippen LogP contribution in [0.3, 0.4) is 0 Å². The summed E-state index contributed by atoms with van der Waals surface area (Å²) < 4.78 is 24.0. The number of rotatable bonds is 3. The zero-order valence-corrected chi connectivity index (χ0v) is 9.92. The average molecular weight is 253 g/mol. The molecule has 0 fully saturated rings. The van der Waals surface area contributed by atoms with E-state index in [4.69, 9.17) is 5.11 Å². The van der Waals surface area contributed by atoms with Crippen molar-refractivity contribution < 1.29 is 13.5 Å². The van der Waals surface area contributed by atoms with Gasteiger partial charge in [-0.25, -0.2) is 13.1 Å². The molecular formula is C10H11N3O3S. The van der Waals surface area contributed by atoms with Crippen molar-refractivity contribution >= 4 is 9.84 Å². The van der Waals surface area contributed by atoms with Crippen molar-refractivity contribution in [2.45, 2.75) is 11.5 Å². The first-order valence-electron chi connectivity index (χ1n) is 4.81. The van der Waals surface area contributed by atoms with Crippen LogP contribution in [0.1, 0.15) is 5.56 Å². The van der Waals surface area contributed by atoms with Crippen LogP contribution in [0.2, 0.25) is 0 Å². The molecule has 0 spiro atoms. The Labute approximate surface area is 98.5 Å². The van der Waals surface area contributed by atoms with E-state index < -0.39 is 9.84 Å². The van der Waals surface area contributed by atoms with Crippen LogP contribution < -0.4 is 0 Å². The van der Waals surface area contributed by atoms with Gasteiger partial charge in [0.2, 0.25) is 0 Å². The summed E-state index contributed by atoms with van der Waals surface area (Å²) in [6, 6.07) is 1.65. The summed E-state index contributed by atoms with van der Waals surface area (Å²) >= 11 is 0. The van der Waals surface area contributed by atoms with E-state index in [2.05, 4.69) is 10.1 Å². The van der Waals surface area contributed by atoms with Gasteiger partial charge in [-0.2, -0.15) is 5.10 Å². The number of hydrogen-bond donors (Lipinski definition) is 1. The second kappa shape index (κ2) is 4.27. The van der Waals surface area contributed by atoms with Gasteiger partial charge in [-0.3, -0.25) is 4.98 Å². The summed E-state index contributed by atoms with van der Waals surface area (Å²) in [5.74, 6) is 0. The number of nitrogens with zero attached hydrogens (tertiary/aromatic N) is 3. The number of aliphatic hydroxyl groups excluding tert-OH is 1. The van der Waals surface area contributed by atoms with Gasteiger partial charge in [0.25, 0.3) is 0 Å². The molecule has 17 heavy (non-hydrogen) atoms. The smallest absolute Gasteiger partial charge is 0.178 e. The second-order valence-electron chi connectivity index (χ2n) is 3.56. The molecule has 0 aromatic carbocycles. The van der Waals surface area contributed by atoms with Gasteiger partial charge in [0.15, 0.2) is 9.84 Å². The number of pyridine rings is 1. The van der Waals surface area contributed by atoms with Crippen molar-refractivity contribution in [3.63, 3.8) is 0 Å². The van der Waals surface area contributed by atoms with Crippen molar-refractivity contribution in [3.05, 3.63) is 36.4 Å². The molecule has 0 aliphatic heterocycles. The highest BCUT2D eigenvalue weighted by Crippen LogP contribution is 2.15. The monoisotopic (exact) mass is 253 g/mol. The van der Waals surface area contributed by atoms with Crippen LogP contribution in [-0.2, 0) is 16.4 Å². The van der Waals surface area contributed by atoms with Crippen LogP contribution in [0, 0.1) is 0 Å². The average Bonchev–Trinajstić information content (AvgIpc) is 2.77. The fraction of sp³-hybridized carbons (Fsp3) is 0.200. The molecule has 2 aromatic heterocycles. The maximum absolute atomic E-state index is 11.3. The SMILES string of the molecule is CS(=O)(=O)c1cnn(-c2cnccc2CO)c1. The number of aliphatic hydroxyl groups is 1. The van der Waals surface area contributed by atoms with E-state index in [0.717, 1.165) is 6.26 Å². The molecule has 0 radical (unpaired) electrons. The number of hydrogen-bond acceptors (Lipinski definition) is 5. The molecule has 2 heterocycles. The van der Waals surface area contributed by atoms with Gasteiger partial charge in [-0.1, -0.05) is 0 Å². The minimum absolute atomic E-state index is 0.130. The van der Waals surface area contributed by atoms with E-state index in [-0.39, 0.29) is 11.5 Å². The van der Waals surface area contributed by atoms with Gasteiger partial charge in [-0.15, -0.1) is 0 Å². The first kappa shape index (κ1) is 11.7. The lowest BCUT2D eigenvalue weighted by molar-refractivity contribution is 0.281. The summed E-state index contributed by atoms with van der Waals surface area (Å²) in [6.07, 6.45) is 6.85. The van der Waals surface area contributed by atoms with Crippen molar-refractivity contribution in [1.29, 1.82) is 0 Å². The van der Waals surface area contributed by atoms with Gasteiger partial charge in [0, 0.05) is 24.2 Å².